The zero-order valence-corrected chi connectivity index (χ0v) is 19.7. The van der Waals surface area contributed by atoms with E-state index in [0.29, 0.717) is 47.0 Å². The number of halogens is 2. The van der Waals surface area contributed by atoms with Crippen LogP contribution in [-0.2, 0) is 15.1 Å². The Balaban J connectivity index is 1.59. The summed E-state index contributed by atoms with van der Waals surface area (Å²) in [6, 6.07) is 10.7. The van der Waals surface area contributed by atoms with Gasteiger partial charge in [0.2, 0.25) is 0 Å². The number of hydrogen-bond donors (Lipinski definition) is 3. The Kier molecular flexibility index (Phi) is 6.56. The number of H-pyrrole nitrogens is 1. The second-order valence-corrected chi connectivity index (χ2v) is 8.94. The molecule has 1 unspecified atom stereocenters. The highest BCUT2D eigenvalue weighted by atomic mass is 35.5. The fourth-order valence-corrected chi connectivity index (χ4v) is 4.60. The fraction of sp³-hybridized carbons (Fsp3) is 0.333. The summed E-state index contributed by atoms with van der Waals surface area (Å²) in [4.78, 5) is 27.8. The molecule has 2 aromatic carbocycles. The maximum absolute atomic E-state index is 13.1. The van der Waals surface area contributed by atoms with Crippen molar-refractivity contribution in [3.63, 3.8) is 0 Å². The van der Waals surface area contributed by atoms with E-state index in [4.69, 9.17) is 32.7 Å². The number of rotatable bonds is 8. The van der Waals surface area contributed by atoms with E-state index in [1.807, 2.05) is 31.2 Å². The molecule has 1 atom stereocenters. The molecule has 1 aliphatic heterocycles. The average Bonchev–Trinajstić information content (AvgIpc) is 3.21. The summed E-state index contributed by atoms with van der Waals surface area (Å²) in [5.74, 6) is -1.30. The lowest BCUT2D eigenvalue weighted by Crippen LogP contribution is -2.59. The third-order valence-electron chi connectivity index (χ3n) is 6.02. The number of ether oxygens (including phenoxy) is 2. The number of aromatic nitrogens is 1. The molecule has 3 aromatic rings. The molecule has 2 heterocycles. The third kappa shape index (κ3) is 4.28. The van der Waals surface area contributed by atoms with Gasteiger partial charge < -0.3 is 24.9 Å². The van der Waals surface area contributed by atoms with E-state index in [1.54, 1.807) is 12.1 Å². The lowest BCUT2D eigenvalue weighted by atomic mass is 9.85. The molecular weight excluding hydrogens is 467 g/mol. The molecule has 9 heteroatoms. The fourth-order valence-electron chi connectivity index (χ4n) is 4.12. The summed E-state index contributed by atoms with van der Waals surface area (Å²) in [5, 5.41) is 13.8. The van der Waals surface area contributed by atoms with Crippen LogP contribution in [0.25, 0.3) is 10.9 Å². The molecule has 0 spiro atoms. The van der Waals surface area contributed by atoms with Gasteiger partial charge in [0, 0.05) is 11.5 Å². The zero-order valence-electron chi connectivity index (χ0n) is 18.2. The van der Waals surface area contributed by atoms with Crippen molar-refractivity contribution in [1.29, 1.82) is 0 Å². The largest absolute Gasteiger partial charge is 0.495 e. The van der Waals surface area contributed by atoms with Gasteiger partial charge in [-0.2, -0.15) is 0 Å². The number of aliphatic carboxylic acids is 1. The van der Waals surface area contributed by atoms with Crippen LogP contribution in [0.2, 0.25) is 10.0 Å². The summed E-state index contributed by atoms with van der Waals surface area (Å²) in [7, 11) is 1.49. The number of methoxy groups -OCH3 is 1. The molecule has 174 valence electrons. The molecule has 4 rings (SSSR count). The number of carboxylic acids is 1. The second kappa shape index (κ2) is 9.25. The van der Waals surface area contributed by atoms with Crippen LogP contribution in [0.5, 0.6) is 5.75 Å². The Labute approximate surface area is 201 Å². The maximum atomic E-state index is 13.1. The number of amides is 1. The van der Waals surface area contributed by atoms with Gasteiger partial charge in [0.25, 0.3) is 5.91 Å². The number of carboxylic acid groups (broad SMARTS) is 1. The molecule has 0 bridgehead atoms. The van der Waals surface area contributed by atoms with Gasteiger partial charge in [-0.3, -0.25) is 9.59 Å². The van der Waals surface area contributed by atoms with Gasteiger partial charge in [-0.15, -0.1) is 0 Å². The molecule has 0 aliphatic carbocycles. The smallest absolute Gasteiger partial charge is 0.310 e. The predicted octanol–water partition coefficient (Wildman–Crippen LogP) is 5.11. The molecule has 1 amide bonds. The Bertz CT molecular complexity index is 1200. The number of nitrogens with one attached hydrogen (secondary N) is 2. The summed E-state index contributed by atoms with van der Waals surface area (Å²) in [6.07, 6.45) is 1.34. The van der Waals surface area contributed by atoms with Crippen LogP contribution in [0, 0.1) is 0 Å². The van der Waals surface area contributed by atoms with Crippen molar-refractivity contribution in [3.05, 3.63) is 63.3 Å². The Morgan fingerprint density at radius 1 is 1.21 bits per heavy atom. The van der Waals surface area contributed by atoms with Crippen LogP contribution in [0.1, 0.15) is 47.3 Å². The van der Waals surface area contributed by atoms with Crippen LogP contribution < -0.4 is 10.1 Å². The van der Waals surface area contributed by atoms with Gasteiger partial charge in [0.15, 0.2) is 0 Å². The minimum Gasteiger partial charge on any atom is -0.495 e. The SMILES string of the molecule is CCCC(C(=O)O)c1ccc(C2(NC(=O)c3cc4c(Cl)c(Cl)c(OC)cc4[nH]3)COC2)cc1. The number of carbonyl (C=O) groups is 2. The molecule has 0 radical (unpaired) electrons. The van der Waals surface area contributed by atoms with Crippen molar-refractivity contribution < 1.29 is 24.2 Å². The van der Waals surface area contributed by atoms with Gasteiger partial charge in [-0.1, -0.05) is 60.8 Å². The van der Waals surface area contributed by atoms with Crippen molar-refractivity contribution in [2.24, 2.45) is 0 Å². The number of fused-ring (bicyclic) bond motifs is 1. The summed E-state index contributed by atoms with van der Waals surface area (Å²) in [5.41, 5.74) is 1.85. The minimum absolute atomic E-state index is 0.282. The highest BCUT2D eigenvalue weighted by Gasteiger charge is 2.42. The van der Waals surface area contributed by atoms with E-state index >= 15 is 0 Å². The zero-order chi connectivity index (χ0) is 23.8. The standard InChI is InChI=1S/C24H24Cl2N2O5/c1-3-4-15(23(30)31)13-5-7-14(8-6-13)24(11-33-12-24)28-22(29)18-9-16-17(27-18)10-19(32-2)21(26)20(16)25/h5-10,15,27H,3-4,11-12H2,1-2H3,(H,28,29)(H,30,31). The Morgan fingerprint density at radius 2 is 1.91 bits per heavy atom. The quantitative estimate of drug-likeness (QED) is 0.407. The molecule has 1 saturated heterocycles. The van der Waals surface area contributed by atoms with Crippen LogP contribution >= 0.6 is 23.2 Å². The summed E-state index contributed by atoms with van der Waals surface area (Å²) < 4.78 is 10.7. The first-order valence-corrected chi connectivity index (χ1v) is 11.3. The first kappa shape index (κ1) is 23.4. The number of benzene rings is 2. The van der Waals surface area contributed by atoms with E-state index in [0.717, 1.165) is 17.5 Å². The van der Waals surface area contributed by atoms with Crippen molar-refractivity contribution in [3.8, 4) is 5.75 Å². The van der Waals surface area contributed by atoms with E-state index in [1.165, 1.54) is 7.11 Å². The minimum atomic E-state index is -0.839. The molecule has 1 aliphatic rings. The highest BCUT2D eigenvalue weighted by molar-refractivity contribution is 6.46. The Morgan fingerprint density at radius 3 is 2.45 bits per heavy atom. The van der Waals surface area contributed by atoms with Crippen molar-refractivity contribution in [1.82, 2.24) is 10.3 Å². The van der Waals surface area contributed by atoms with Gasteiger partial charge in [0.05, 0.1) is 36.8 Å². The van der Waals surface area contributed by atoms with Gasteiger partial charge in [-0.25, -0.2) is 0 Å². The molecule has 33 heavy (non-hydrogen) atoms. The number of carbonyl (C=O) groups excluding carboxylic acids is 1. The monoisotopic (exact) mass is 490 g/mol. The summed E-state index contributed by atoms with van der Waals surface area (Å²) in [6.45, 7) is 2.59. The van der Waals surface area contributed by atoms with Crippen LogP contribution in [-0.4, -0.2) is 42.3 Å². The first-order valence-electron chi connectivity index (χ1n) is 10.6. The normalized spacial score (nSPS) is 15.6. The lowest BCUT2D eigenvalue weighted by molar-refractivity contribution is -0.139. The third-order valence-corrected chi connectivity index (χ3v) is 6.89. The lowest BCUT2D eigenvalue weighted by Gasteiger charge is -2.42. The molecule has 1 fully saturated rings. The maximum Gasteiger partial charge on any atom is 0.310 e. The van der Waals surface area contributed by atoms with E-state index in [2.05, 4.69) is 10.3 Å². The van der Waals surface area contributed by atoms with Gasteiger partial charge in [0.1, 0.15) is 22.0 Å². The Hall–Kier alpha value is -2.74. The molecular formula is C24H24Cl2N2O5. The molecule has 3 N–H and O–H groups in total. The first-order chi connectivity index (χ1) is 15.8. The van der Waals surface area contributed by atoms with Crippen LogP contribution in [0.15, 0.2) is 36.4 Å². The van der Waals surface area contributed by atoms with Crippen molar-refractivity contribution in [2.75, 3.05) is 20.3 Å². The molecule has 0 saturated carbocycles. The molecule has 1 aromatic heterocycles. The topological polar surface area (TPSA) is 101 Å². The molecule has 7 nitrogen and oxygen atoms in total. The predicted molar refractivity (Wildman–Crippen MR) is 127 cm³/mol. The van der Waals surface area contributed by atoms with Crippen LogP contribution in [0.4, 0.5) is 0 Å². The highest BCUT2D eigenvalue weighted by Crippen LogP contribution is 2.39. The van der Waals surface area contributed by atoms with Gasteiger partial charge >= 0.3 is 5.97 Å². The van der Waals surface area contributed by atoms with Crippen molar-refractivity contribution in [2.45, 2.75) is 31.2 Å². The van der Waals surface area contributed by atoms with E-state index < -0.39 is 17.4 Å². The average molecular weight is 491 g/mol. The van der Waals surface area contributed by atoms with Crippen LogP contribution in [0.3, 0.4) is 0 Å². The number of aromatic amines is 1. The van der Waals surface area contributed by atoms with Crippen molar-refractivity contribution >= 4 is 46.0 Å². The van der Waals surface area contributed by atoms with E-state index in [-0.39, 0.29) is 10.9 Å². The number of hydrogen-bond acceptors (Lipinski definition) is 4. The van der Waals surface area contributed by atoms with E-state index in [9.17, 15) is 14.7 Å². The summed E-state index contributed by atoms with van der Waals surface area (Å²) >= 11 is 12.6. The van der Waals surface area contributed by atoms with Gasteiger partial charge in [-0.05, 0) is 23.6 Å². The second-order valence-electron chi connectivity index (χ2n) is 8.18.